The van der Waals surface area contributed by atoms with Crippen molar-refractivity contribution in [1.29, 1.82) is 0 Å². The summed E-state index contributed by atoms with van der Waals surface area (Å²) in [5.41, 5.74) is 11.6. The van der Waals surface area contributed by atoms with Crippen molar-refractivity contribution in [1.82, 2.24) is 4.57 Å². The van der Waals surface area contributed by atoms with Gasteiger partial charge in [-0.3, -0.25) is 0 Å². The molecule has 45 heavy (non-hydrogen) atoms. The molecule has 1 unspecified atom stereocenters. The summed E-state index contributed by atoms with van der Waals surface area (Å²) < 4.78 is 2.52. The second kappa shape index (κ2) is 9.38. The predicted octanol–water partition coefficient (Wildman–Crippen LogP) is 9.22. The van der Waals surface area contributed by atoms with Gasteiger partial charge in [0.25, 0.3) is 0 Å². The first-order valence-corrected chi connectivity index (χ1v) is 17.0. The highest BCUT2D eigenvalue weighted by molar-refractivity contribution is 7.79. The summed E-state index contributed by atoms with van der Waals surface area (Å²) >= 11 is 0. The Bertz CT molecular complexity index is 2400. The normalized spacial score (nSPS) is 15.8. The molecule has 1 aromatic heterocycles. The van der Waals surface area contributed by atoms with Crippen LogP contribution in [0.4, 0.5) is 0 Å². The largest absolute Gasteiger partial charge is 0.309 e. The first kappa shape index (κ1) is 25.1. The summed E-state index contributed by atoms with van der Waals surface area (Å²) in [6, 6.07) is 63.6. The van der Waals surface area contributed by atoms with E-state index in [4.69, 9.17) is 0 Å². The summed E-state index contributed by atoms with van der Waals surface area (Å²) in [5, 5.41) is 6.74. The monoisotopic (exact) mass is 589 g/mol. The highest BCUT2D eigenvalue weighted by Gasteiger charge is 2.50. The van der Waals surface area contributed by atoms with E-state index in [9.17, 15) is 0 Å². The van der Waals surface area contributed by atoms with Gasteiger partial charge in [0.1, 0.15) is 0 Å². The van der Waals surface area contributed by atoms with Gasteiger partial charge in [-0.2, -0.15) is 0 Å². The van der Waals surface area contributed by atoms with Gasteiger partial charge in [0.05, 0.1) is 22.1 Å². The molecule has 10 rings (SSSR count). The average molecular weight is 590 g/mol. The maximum atomic E-state index is 2.56. The lowest BCUT2D eigenvalue weighted by atomic mass is 9.65. The molecule has 0 saturated heterocycles. The molecule has 1 atom stereocenters. The zero-order chi connectivity index (χ0) is 29.5. The van der Waals surface area contributed by atoms with Crippen molar-refractivity contribution in [2.75, 3.05) is 0 Å². The fourth-order valence-electron chi connectivity index (χ4n) is 8.29. The molecule has 0 N–H and O–H groups in total. The average Bonchev–Trinajstić information content (AvgIpc) is 3.60. The fraction of sp³-hybridized carbons (Fsp3) is 0.0233. The summed E-state index contributed by atoms with van der Waals surface area (Å²) in [6.45, 7) is 0. The lowest BCUT2D eigenvalue weighted by molar-refractivity contribution is 0.749. The molecule has 2 heterocycles. The third-order valence-electron chi connectivity index (χ3n) is 9.96. The van der Waals surface area contributed by atoms with Crippen molar-refractivity contribution in [2.24, 2.45) is 0 Å². The third-order valence-corrected chi connectivity index (χ3v) is 12.4. The molecule has 1 aliphatic carbocycles. The molecular weight excluding hydrogens is 561 g/mol. The van der Waals surface area contributed by atoms with Gasteiger partial charge in [0, 0.05) is 10.8 Å². The molecule has 0 radical (unpaired) electrons. The van der Waals surface area contributed by atoms with Gasteiger partial charge in [0.2, 0.25) is 0 Å². The van der Waals surface area contributed by atoms with E-state index in [0.29, 0.717) is 0 Å². The van der Waals surface area contributed by atoms with Gasteiger partial charge in [0.15, 0.2) is 0 Å². The Morgan fingerprint density at radius 2 is 1.00 bits per heavy atom. The second-order valence-corrected chi connectivity index (χ2v) is 14.3. The minimum atomic E-state index is -0.752. The lowest BCUT2D eigenvalue weighted by Crippen LogP contribution is -2.34. The van der Waals surface area contributed by atoms with Crippen molar-refractivity contribution in [2.45, 2.75) is 5.41 Å². The molecule has 1 spiro atoms. The van der Waals surface area contributed by atoms with E-state index in [2.05, 4.69) is 174 Å². The van der Waals surface area contributed by atoms with Gasteiger partial charge in [-0.15, -0.1) is 0 Å². The van der Waals surface area contributed by atoms with Crippen LogP contribution in [-0.2, 0) is 5.41 Å². The van der Waals surface area contributed by atoms with E-state index >= 15 is 0 Å². The number of nitrogens with zero attached hydrogens (tertiary/aromatic N) is 1. The Labute approximate surface area is 263 Å². The minimum Gasteiger partial charge on any atom is -0.309 e. The summed E-state index contributed by atoms with van der Waals surface area (Å²) in [7, 11) is -0.752. The summed E-state index contributed by atoms with van der Waals surface area (Å²) in [4.78, 5) is 0. The SMILES string of the molecule is c1ccc(P(c2ccccc2)c2ccc3c(c2)C2(c4ccccc4-3)c3ccccc3-n3c4ccccc4c4cccc2c43)cc1. The highest BCUT2D eigenvalue weighted by Crippen LogP contribution is 2.61. The Morgan fingerprint density at radius 1 is 0.400 bits per heavy atom. The van der Waals surface area contributed by atoms with Crippen molar-refractivity contribution in [3.63, 3.8) is 0 Å². The molecular formula is C43H28NP. The quantitative estimate of drug-likeness (QED) is 0.181. The highest BCUT2D eigenvalue weighted by atomic mass is 31.1. The van der Waals surface area contributed by atoms with Gasteiger partial charge in [-0.1, -0.05) is 152 Å². The number of para-hydroxylation sites is 3. The Balaban J connectivity index is 1.36. The van der Waals surface area contributed by atoms with Gasteiger partial charge in [-0.25, -0.2) is 0 Å². The topological polar surface area (TPSA) is 4.93 Å². The molecule has 1 nitrogen and oxygen atoms in total. The molecule has 7 aromatic carbocycles. The Hall–Kier alpha value is -5.23. The van der Waals surface area contributed by atoms with Gasteiger partial charge < -0.3 is 4.57 Å². The third kappa shape index (κ3) is 3.26. The fourth-order valence-corrected chi connectivity index (χ4v) is 10.6. The smallest absolute Gasteiger partial charge is 0.0754 e. The van der Waals surface area contributed by atoms with E-state index in [-0.39, 0.29) is 0 Å². The van der Waals surface area contributed by atoms with Crippen molar-refractivity contribution in [3.05, 3.63) is 192 Å². The summed E-state index contributed by atoms with van der Waals surface area (Å²) in [6.07, 6.45) is 0. The Kier molecular flexibility index (Phi) is 5.24. The van der Waals surface area contributed by atoms with E-state index in [0.717, 1.165) is 0 Å². The van der Waals surface area contributed by atoms with E-state index in [1.54, 1.807) is 0 Å². The standard InChI is InChI=1S/C43H28NP/c1-3-14-29(15-4-1)45(30-16-5-2-6-17-30)31-26-27-33-32-18-7-9-21-36(32)43(39(33)28-31)37-22-10-12-25-41(37)44-40-24-11-8-19-34(40)35-20-13-23-38(43)42(35)44/h1-28H. The summed E-state index contributed by atoms with van der Waals surface area (Å²) in [5.74, 6) is 0. The molecule has 0 bridgehead atoms. The zero-order valence-corrected chi connectivity index (χ0v) is 25.5. The van der Waals surface area contributed by atoms with Crippen molar-refractivity contribution in [3.8, 4) is 16.8 Å². The number of hydrogen-bond donors (Lipinski definition) is 0. The molecule has 210 valence electrons. The molecule has 2 heteroatoms. The van der Waals surface area contributed by atoms with Crippen LogP contribution in [-0.4, -0.2) is 4.57 Å². The van der Waals surface area contributed by atoms with E-state index in [1.807, 2.05) is 0 Å². The maximum absolute atomic E-state index is 2.56. The van der Waals surface area contributed by atoms with E-state index < -0.39 is 13.3 Å². The van der Waals surface area contributed by atoms with Crippen LogP contribution in [0.5, 0.6) is 0 Å². The molecule has 0 amide bonds. The van der Waals surface area contributed by atoms with Gasteiger partial charge >= 0.3 is 0 Å². The number of aromatic nitrogens is 1. The van der Waals surface area contributed by atoms with Crippen LogP contribution < -0.4 is 15.9 Å². The van der Waals surface area contributed by atoms with Crippen molar-refractivity contribution < 1.29 is 0 Å². The lowest BCUT2D eigenvalue weighted by Gasteiger charge is -2.39. The molecule has 1 aliphatic heterocycles. The van der Waals surface area contributed by atoms with Crippen LogP contribution in [0.1, 0.15) is 22.3 Å². The number of fused-ring (bicyclic) bond motifs is 12. The molecule has 2 aliphatic rings. The number of rotatable bonds is 3. The second-order valence-electron chi connectivity index (χ2n) is 12.1. The van der Waals surface area contributed by atoms with Crippen LogP contribution in [0.3, 0.4) is 0 Å². The number of hydrogen-bond acceptors (Lipinski definition) is 0. The first-order chi connectivity index (χ1) is 22.4. The minimum absolute atomic E-state index is 0.434. The Morgan fingerprint density at radius 3 is 1.80 bits per heavy atom. The van der Waals surface area contributed by atoms with Crippen LogP contribution in [0.25, 0.3) is 38.6 Å². The van der Waals surface area contributed by atoms with E-state index in [1.165, 1.54) is 76.8 Å². The maximum Gasteiger partial charge on any atom is 0.0754 e. The van der Waals surface area contributed by atoms with Crippen LogP contribution >= 0.6 is 7.92 Å². The van der Waals surface area contributed by atoms with Crippen LogP contribution in [0.2, 0.25) is 0 Å². The predicted molar refractivity (Wildman–Crippen MR) is 190 cm³/mol. The van der Waals surface area contributed by atoms with Crippen molar-refractivity contribution >= 4 is 45.6 Å². The van der Waals surface area contributed by atoms with Crippen LogP contribution in [0.15, 0.2) is 170 Å². The number of benzene rings is 7. The molecule has 8 aromatic rings. The van der Waals surface area contributed by atoms with Crippen LogP contribution in [0, 0.1) is 0 Å². The molecule has 0 fully saturated rings. The van der Waals surface area contributed by atoms with Gasteiger partial charge in [-0.05, 0) is 75.4 Å². The molecule has 0 saturated carbocycles. The first-order valence-electron chi connectivity index (χ1n) is 15.6. The zero-order valence-electron chi connectivity index (χ0n) is 24.6.